The molecule has 0 unspecified atom stereocenters. The first-order valence-corrected chi connectivity index (χ1v) is 7.21. The van der Waals surface area contributed by atoms with Gasteiger partial charge in [-0.25, -0.2) is 0 Å². The van der Waals surface area contributed by atoms with E-state index in [-0.39, 0.29) is 5.28 Å². The molecule has 4 nitrogen and oxygen atoms in total. The van der Waals surface area contributed by atoms with Gasteiger partial charge in [-0.15, -0.1) is 11.3 Å². The zero-order valence-electron chi connectivity index (χ0n) is 10.1. The fraction of sp³-hybridized carbons (Fsp3) is 0.417. The zero-order valence-corrected chi connectivity index (χ0v) is 11.6. The van der Waals surface area contributed by atoms with Crippen molar-refractivity contribution in [3.05, 3.63) is 22.3 Å². The van der Waals surface area contributed by atoms with Crippen LogP contribution in [0.4, 0.5) is 5.95 Å². The van der Waals surface area contributed by atoms with Crippen LogP contribution in [0.15, 0.2) is 11.4 Å². The van der Waals surface area contributed by atoms with Crippen LogP contribution in [0.25, 0.3) is 10.7 Å². The Morgan fingerprint density at radius 1 is 1.22 bits per heavy atom. The van der Waals surface area contributed by atoms with E-state index < -0.39 is 0 Å². The van der Waals surface area contributed by atoms with Crippen LogP contribution >= 0.6 is 22.9 Å². The van der Waals surface area contributed by atoms with Crippen LogP contribution in [0.2, 0.25) is 5.28 Å². The minimum Gasteiger partial charge on any atom is -0.341 e. The Morgan fingerprint density at radius 3 is 2.67 bits per heavy atom. The van der Waals surface area contributed by atoms with Crippen molar-refractivity contribution in [3.8, 4) is 10.7 Å². The second-order valence-corrected chi connectivity index (χ2v) is 5.61. The second kappa shape index (κ2) is 4.82. The van der Waals surface area contributed by atoms with Gasteiger partial charge in [0.1, 0.15) is 0 Å². The van der Waals surface area contributed by atoms with E-state index in [0.717, 1.165) is 18.0 Å². The van der Waals surface area contributed by atoms with Crippen LogP contribution in [0.1, 0.15) is 18.4 Å². The number of rotatable bonds is 2. The molecule has 18 heavy (non-hydrogen) atoms. The van der Waals surface area contributed by atoms with Crippen molar-refractivity contribution in [1.82, 2.24) is 15.0 Å². The Balaban J connectivity index is 2.03. The van der Waals surface area contributed by atoms with Gasteiger partial charge in [0.15, 0.2) is 5.82 Å². The average molecular weight is 281 g/mol. The minimum atomic E-state index is 0.273. The van der Waals surface area contributed by atoms with Crippen LogP contribution < -0.4 is 4.90 Å². The predicted octanol–water partition coefficient (Wildman–Crippen LogP) is 3.16. The maximum absolute atomic E-state index is 6.01. The van der Waals surface area contributed by atoms with Gasteiger partial charge in [-0.1, -0.05) is 0 Å². The lowest BCUT2D eigenvalue weighted by Gasteiger charge is -2.15. The number of hydrogen-bond donors (Lipinski definition) is 0. The number of thiophene rings is 1. The molecular weight excluding hydrogens is 268 g/mol. The Labute approximate surface area is 115 Å². The van der Waals surface area contributed by atoms with E-state index in [1.807, 2.05) is 5.38 Å². The Morgan fingerprint density at radius 2 is 2.00 bits per heavy atom. The van der Waals surface area contributed by atoms with Crippen molar-refractivity contribution in [1.29, 1.82) is 0 Å². The zero-order chi connectivity index (χ0) is 12.5. The standard InChI is InChI=1S/C12H13ClN4S/c1-8-4-7-18-9(8)10-14-11(13)16-12(15-10)17-5-2-3-6-17/h4,7H,2-3,5-6H2,1H3. The van der Waals surface area contributed by atoms with E-state index in [4.69, 9.17) is 11.6 Å². The monoisotopic (exact) mass is 280 g/mol. The number of aryl methyl sites for hydroxylation is 1. The molecule has 0 spiro atoms. The van der Waals surface area contributed by atoms with Gasteiger partial charge >= 0.3 is 0 Å². The summed E-state index contributed by atoms with van der Waals surface area (Å²) in [5.41, 5.74) is 1.18. The number of nitrogens with zero attached hydrogens (tertiary/aromatic N) is 4. The van der Waals surface area contributed by atoms with Crippen LogP contribution in [0.3, 0.4) is 0 Å². The molecule has 0 bridgehead atoms. The highest BCUT2D eigenvalue weighted by molar-refractivity contribution is 7.13. The third-order valence-electron chi connectivity index (χ3n) is 3.05. The predicted molar refractivity (Wildman–Crippen MR) is 74.3 cm³/mol. The third kappa shape index (κ3) is 2.20. The fourth-order valence-corrected chi connectivity index (χ4v) is 3.12. The average Bonchev–Trinajstić information content (AvgIpc) is 2.98. The molecule has 1 aliphatic heterocycles. The Bertz CT molecular complexity index is 563. The molecule has 3 rings (SSSR count). The van der Waals surface area contributed by atoms with Crippen molar-refractivity contribution in [3.63, 3.8) is 0 Å². The molecule has 1 aliphatic rings. The first-order chi connectivity index (χ1) is 8.74. The first kappa shape index (κ1) is 11.9. The van der Waals surface area contributed by atoms with Crippen LogP contribution in [-0.4, -0.2) is 28.0 Å². The van der Waals surface area contributed by atoms with E-state index in [2.05, 4.69) is 32.8 Å². The summed E-state index contributed by atoms with van der Waals surface area (Å²) in [5.74, 6) is 1.39. The molecule has 2 aromatic heterocycles. The van der Waals surface area contributed by atoms with Crippen molar-refractivity contribution >= 4 is 28.9 Å². The summed E-state index contributed by atoms with van der Waals surface area (Å²) in [6.07, 6.45) is 2.38. The van der Waals surface area contributed by atoms with Crippen molar-refractivity contribution in [2.24, 2.45) is 0 Å². The van der Waals surface area contributed by atoms with Crippen molar-refractivity contribution < 1.29 is 0 Å². The normalized spacial score (nSPS) is 15.3. The fourth-order valence-electron chi connectivity index (χ4n) is 2.10. The summed E-state index contributed by atoms with van der Waals surface area (Å²) in [7, 11) is 0. The topological polar surface area (TPSA) is 41.9 Å². The molecule has 0 atom stereocenters. The van der Waals surface area contributed by atoms with Crippen molar-refractivity contribution in [2.45, 2.75) is 19.8 Å². The first-order valence-electron chi connectivity index (χ1n) is 5.95. The lowest BCUT2D eigenvalue weighted by atomic mass is 10.3. The second-order valence-electron chi connectivity index (χ2n) is 4.35. The highest BCUT2D eigenvalue weighted by atomic mass is 35.5. The van der Waals surface area contributed by atoms with E-state index in [1.54, 1.807) is 11.3 Å². The van der Waals surface area contributed by atoms with Gasteiger partial charge < -0.3 is 4.90 Å². The smallest absolute Gasteiger partial charge is 0.230 e. The molecule has 0 saturated carbocycles. The molecular formula is C12H13ClN4S. The van der Waals surface area contributed by atoms with Gasteiger partial charge in [0.25, 0.3) is 0 Å². The van der Waals surface area contributed by atoms with Gasteiger partial charge in [-0.2, -0.15) is 15.0 Å². The SMILES string of the molecule is Cc1ccsc1-c1nc(Cl)nc(N2CCCC2)n1. The van der Waals surface area contributed by atoms with Crippen LogP contribution in [0.5, 0.6) is 0 Å². The number of anilines is 1. The summed E-state index contributed by atoms with van der Waals surface area (Å²) in [4.78, 5) is 16.2. The van der Waals surface area contributed by atoms with Gasteiger partial charge in [0.2, 0.25) is 11.2 Å². The molecule has 0 aliphatic carbocycles. The van der Waals surface area contributed by atoms with Gasteiger partial charge in [0.05, 0.1) is 4.88 Å². The molecule has 1 fully saturated rings. The Kier molecular flexibility index (Phi) is 3.18. The lowest BCUT2D eigenvalue weighted by Crippen LogP contribution is -2.21. The quantitative estimate of drug-likeness (QED) is 0.847. The number of hydrogen-bond acceptors (Lipinski definition) is 5. The third-order valence-corrected chi connectivity index (χ3v) is 4.23. The molecule has 0 aromatic carbocycles. The van der Waals surface area contributed by atoms with Gasteiger partial charge in [-0.3, -0.25) is 0 Å². The van der Waals surface area contributed by atoms with E-state index in [9.17, 15) is 0 Å². The lowest BCUT2D eigenvalue weighted by molar-refractivity contribution is 0.883. The Hall–Kier alpha value is -1.20. The molecule has 0 N–H and O–H groups in total. The summed E-state index contributed by atoms with van der Waals surface area (Å²) >= 11 is 7.65. The van der Waals surface area contributed by atoms with Crippen LogP contribution in [0, 0.1) is 6.92 Å². The molecule has 94 valence electrons. The summed E-state index contributed by atoms with van der Waals surface area (Å²) in [6.45, 7) is 4.06. The van der Waals surface area contributed by atoms with E-state index >= 15 is 0 Å². The van der Waals surface area contributed by atoms with E-state index in [0.29, 0.717) is 11.8 Å². The molecule has 2 aromatic rings. The summed E-state index contributed by atoms with van der Waals surface area (Å²) in [5, 5.41) is 2.31. The molecule has 3 heterocycles. The molecule has 1 saturated heterocycles. The number of aromatic nitrogens is 3. The minimum absolute atomic E-state index is 0.273. The molecule has 0 amide bonds. The highest BCUT2D eigenvalue weighted by Gasteiger charge is 2.18. The van der Waals surface area contributed by atoms with Gasteiger partial charge in [-0.05, 0) is 48.4 Å². The number of halogens is 1. The molecule has 0 radical (unpaired) electrons. The maximum Gasteiger partial charge on any atom is 0.230 e. The highest BCUT2D eigenvalue weighted by Crippen LogP contribution is 2.28. The van der Waals surface area contributed by atoms with Crippen LogP contribution in [-0.2, 0) is 0 Å². The maximum atomic E-state index is 6.01. The van der Waals surface area contributed by atoms with E-state index in [1.165, 1.54) is 18.4 Å². The van der Waals surface area contributed by atoms with Crippen molar-refractivity contribution in [2.75, 3.05) is 18.0 Å². The largest absolute Gasteiger partial charge is 0.341 e. The van der Waals surface area contributed by atoms with Gasteiger partial charge in [0, 0.05) is 13.1 Å². The molecule has 6 heteroatoms. The summed E-state index contributed by atoms with van der Waals surface area (Å²) in [6, 6.07) is 2.06. The summed E-state index contributed by atoms with van der Waals surface area (Å²) < 4.78 is 0.